The van der Waals surface area contributed by atoms with Crippen LogP contribution in [0.25, 0.3) is 0 Å². The van der Waals surface area contributed by atoms with E-state index in [1.807, 2.05) is 11.4 Å². The summed E-state index contributed by atoms with van der Waals surface area (Å²) in [4.78, 5) is 15.3. The molecule has 0 radical (unpaired) electrons. The lowest BCUT2D eigenvalue weighted by Crippen LogP contribution is -2.43. The van der Waals surface area contributed by atoms with Gasteiger partial charge < -0.3 is 15.0 Å². The molecule has 1 amide bonds. The molecule has 1 aromatic heterocycles. The average molecular weight is 348 g/mol. The van der Waals surface area contributed by atoms with Crippen molar-refractivity contribution < 1.29 is 13.9 Å². The molecule has 1 fully saturated rings. The highest BCUT2D eigenvalue weighted by molar-refractivity contribution is 7.12. The highest BCUT2D eigenvalue weighted by Crippen LogP contribution is 2.20. The maximum absolute atomic E-state index is 13.5. The molecule has 128 valence electrons. The van der Waals surface area contributed by atoms with Gasteiger partial charge in [0.25, 0.3) is 5.91 Å². The topological polar surface area (TPSA) is 41.6 Å². The van der Waals surface area contributed by atoms with Crippen LogP contribution in [0.2, 0.25) is 0 Å². The van der Waals surface area contributed by atoms with Gasteiger partial charge in [-0.05, 0) is 56.6 Å². The number of carbonyl (C=O) groups excluding carboxylic acids is 1. The van der Waals surface area contributed by atoms with Crippen molar-refractivity contribution in [3.05, 3.63) is 52.0 Å². The lowest BCUT2D eigenvalue weighted by atomic mass is 10.1. The number of amides is 1. The van der Waals surface area contributed by atoms with E-state index in [1.54, 1.807) is 18.2 Å². The van der Waals surface area contributed by atoms with Crippen molar-refractivity contribution >= 4 is 17.2 Å². The Morgan fingerprint density at radius 3 is 2.88 bits per heavy atom. The van der Waals surface area contributed by atoms with E-state index in [9.17, 15) is 9.18 Å². The quantitative estimate of drug-likeness (QED) is 0.901. The second kappa shape index (κ2) is 7.77. The minimum atomic E-state index is -0.382. The Morgan fingerprint density at radius 2 is 2.12 bits per heavy atom. The first kappa shape index (κ1) is 16.9. The lowest BCUT2D eigenvalue weighted by Gasteiger charge is -2.29. The van der Waals surface area contributed by atoms with E-state index in [0.717, 1.165) is 31.5 Å². The Bertz CT molecular complexity index is 696. The van der Waals surface area contributed by atoms with Crippen molar-refractivity contribution in [2.45, 2.75) is 25.5 Å². The number of likely N-dealkylation sites (tertiary alicyclic amines) is 1. The average Bonchev–Trinajstić information content (AvgIpc) is 3.05. The number of benzene rings is 1. The third-order valence-electron chi connectivity index (χ3n) is 4.16. The number of nitrogens with one attached hydrogen (secondary N) is 1. The second-order valence-electron chi connectivity index (χ2n) is 6.09. The zero-order valence-corrected chi connectivity index (χ0v) is 14.4. The maximum Gasteiger partial charge on any atom is 0.261 e. The van der Waals surface area contributed by atoms with Crippen molar-refractivity contribution in [1.82, 2.24) is 10.2 Å². The van der Waals surface area contributed by atoms with Gasteiger partial charge in [-0.3, -0.25) is 4.79 Å². The number of para-hydroxylation sites is 1. The van der Waals surface area contributed by atoms with Crippen LogP contribution in [0.4, 0.5) is 4.39 Å². The fourth-order valence-corrected chi connectivity index (χ4v) is 3.50. The molecule has 3 rings (SSSR count). The van der Waals surface area contributed by atoms with E-state index in [1.165, 1.54) is 17.4 Å². The summed E-state index contributed by atoms with van der Waals surface area (Å²) in [6, 6.07) is 8.37. The number of hydrogen-bond acceptors (Lipinski definition) is 4. The third-order valence-corrected chi connectivity index (χ3v) is 5.14. The fourth-order valence-electron chi connectivity index (χ4n) is 2.70. The monoisotopic (exact) mass is 348 g/mol. The molecule has 0 unspecified atom stereocenters. The molecule has 1 aliphatic rings. The van der Waals surface area contributed by atoms with Gasteiger partial charge in [0.2, 0.25) is 0 Å². The third kappa shape index (κ3) is 4.33. The molecule has 0 bridgehead atoms. The molecule has 1 aliphatic heterocycles. The van der Waals surface area contributed by atoms with E-state index >= 15 is 0 Å². The number of halogens is 1. The Hall–Kier alpha value is -1.92. The number of nitrogens with zero attached hydrogens (tertiary/aromatic N) is 1. The van der Waals surface area contributed by atoms with Crippen LogP contribution < -0.4 is 10.1 Å². The SMILES string of the molecule is CN1CCC(NC(=O)c2cc(COc3ccccc3F)cs2)CC1. The van der Waals surface area contributed by atoms with Gasteiger partial charge >= 0.3 is 0 Å². The van der Waals surface area contributed by atoms with Gasteiger partial charge in [-0.1, -0.05) is 12.1 Å². The molecule has 6 heteroatoms. The number of piperidine rings is 1. The van der Waals surface area contributed by atoms with E-state index in [0.29, 0.717) is 4.88 Å². The number of carbonyl (C=O) groups is 1. The summed E-state index contributed by atoms with van der Waals surface area (Å²) in [7, 11) is 2.10. The molecular weight excluding hydrogens is 327 g/mol. The second-order valence-corrected chi connectivity index (χ2v) is 7.00. The summed E-state index contributed by atoms with van der Waals surface area (Å²) in [5.74, 6) is -0.194. The maximum atomic E-state index is 13.5. The summed E-state index contributed by atoms with van der Waals surface area (Å²) >= 11 is 1.39. The van der Waals surface area contributed by atoms with Crippen molar-refractivity contribution in [3.8, 4) is 5.75 Å². The molecule has 0 saturated carbocycles. The minimum absolute atomic E-state index is 0.0355. The van der Waals surface area contributed by atoms with Gasteiger partial charge in [-0.15, -0.1) is 11.3 Å². The van der Waals surface area contributed by atoms with Crippen LogP contribution in [0.1, 0.15) is 28.1 Å². The van der Waals surface area contributed by atoms with E-state index in [2.05, 4.69) is 17.3 Å². The number of hydrogen-bond donors (Lipinski definition) is 1. The summed E-state index contributed by atoms with van der Waals surface area (Å²) in [6.45, 7) is 2.27. The molecule has 0 aliphatic carbocycles. The van der Waals surface area contributed by atoms with Crippen molar-refractivity contribution in [2.24, 2.45) is 0 Å². The predicted molar refractivity (Wildman–Crippen MR) is 93.0 cm³/mol. The van der Waals surface area contributed by atoms with Gasteiger partial charge in [0.05, 0.1) is 4.88 Å². The first-order valence-electron chi connectivity index (χ1n) is 8.06. The summed E-state index contributed by atoms with van der Waals surface area (Å²) < 4.78 is 19.0. The van der Waals surface area contributed by atoms with Crippen LogP contribution in [0.3, 0.4) is 0 Å². The summed E-state index contributed by atoms with van der Waals surface area (Å²) in [5.41, 5.74) is 0.872. The Morgan fingerprint density at radius 1 is 1.38 bits per heavy atom. The molecule has 0 spiro atoms. The molecule has 2 heterocycles. The van der Waals surface area contributed by atoms with Crippen molar-refractivity contribution in [1.29, 1.82) is 0 Å². The summed E-state index contributed by atoms with van der Waals surface area (Å²) in [5, 5.41) is 4.98. The van der Waals surface area contributed by atoms with Gasteiger partial charge in [-0.25, -0.2) is 4.39 Å². The van der Waals surface area contributed by atoms with Crippen molar-refractivity contribution in [3.63, 3.8) is 0 Å². The molecule has 2 aromatic rings. The van der Waals surface area contributed by atoms with Crippen LogP contribution in [-0.4, -0.2) is 37.0 Å². The first-order valence-corrected chi connectivity index (χ1v) is 8.94. The molecule has 0 atom stereocenters. The number of rotatable bonds is 5. The Balaban J connectivity index is 1.53. The number of thiophene rings is 1. The number of ether oxygens (including phenoxy) is 1. The van der Waals surface area contributed by atoms with E-state index in [-0.39, 0.29) is 30.1 Å². The van der Waals surface area contributed by atoms with Gasteiger partial charge in [0.15, 0.2) is 11.6 Å². The molecule has 1 saturated heterocycles. The summed E-state index contributed by atoms with van der Waals surface area (Å²) in [6.07, 6.45) is 1.97. The molecule has 24 heavy (non-hydrogen) atoms. The fraction of sp³-hybridized carbons (Fsp3) is 0.389. The first-order chi connectivity index (χ1) is 11.6. The zero-order valence-electron chi connectivity index (χ0n) is 13.6. The normalized spacial score (nSPS) is 16.1. The smallest absolute Gasteiger partial charge is 0.261 e. The highest BCUT2D eigenvalue weighted by atomic mass is 32.1. The Labute approximate surface area is 145 Å². The zero-order chi connectivity index (χ0) is 16.9. The molecule has 1 aromatic carbocycles. The van der Waals surface area contributed by atoms with Gasteiger partial charge in [0, 0.05) is 11.6 Å². The highest BCUT2D eigenvalue weighted by Gasteiger charge is 2.20. The van der Waals surface area contributed by atoms with Crippen LogP contribution in [0, 0.1) is 5.82 Å². The van der Waals surface area contributed by atoms with Crippen LogP contribution in [0.15, 0.2) is 35.7 Å². The van der Waals surface area contributed by atoms with Crippen LogP contribution >= 0.6 is 11.3 Å². The van der Waals surface area contributed by atoms with Gasteiger partial charge in [-0.2, -0.15) is 0 Å². The molecular formula is C18H21FN2O2S. The molecule has 4 nitrogen and oxygen atoms in total. The standard InChI is InChI=1S/C18H21FN2O2S/c1-21-8-6-14(7-9-21)20-18(22)17-10-13(12-24-17)11-23-16-5-3-2-4-15(16)19/h2-5,10,12,14H,6-9,11H2,1H3,(H,20,22). The van der Waals surface area contributed by atoms with Crippen LogP contribution in [-0.2, 0) is 6.61 Å². The minimum Gasteiger partial charge on any atom is -0.486 e. The Kier molecular flexibility index (Phi) is 5.48. The van der Waals surface area contributed by atoms with E-state index < -0.39 is 0 Å². The van der Waals surface area contributed by atoms with E-state index in [4.69, 9.17) is 4.74 Å². The van der Waals surface area contributed by atoms with Gasteiger partial charge in [0.1, 0.15) is 6.61 Å². The van der Waals surface area contributed by atoms with Crippen LogP contribution in [0.5, 0.6) is 5.75 Å². The predicted octanol–water partition coefficient (Wildman–Crippen LogP) is 3.29. The molecule has 1 N–H and O–H groups in total. The van der Waals surface area contributed by atoms with Crippen molar-refractivity contribution in [2.75, 3.05) is 20.1 Å². The lowest BCUT2D eigenvalue weighted by molar-refractivity contribution is 0.0921. The largest absolute Gasteiger partial charge is 0.486 e.